The summed E-state index contributed by atoms with van der Waals surface area (Å²) in [7, 11) is 0. The highest BCUT2D eigenvalue weighted by Crippen LogP contribution is 2.24. The summed E-state index contributed by atoms with van der Waals surface area (Å²) in [6.07, 6.45) is 4.21. The first-order valence-corrected chi connectivity index (χ1v) is 8.48. The normalized spacial score (nSPS) is 15.3. The zero-order chi connectivity index (χ0) is 16.8. The zero-order valence-corrected chi connectivity index (χ0v) is 14.0. The van der Waals surface area contributed by atoms with Crippen LogP contribution in [0.15, 0.2) is 36.4 Å². The number of nitrogens with zero attached hydrogens (tertiary/aromatic N) is 3. The van der Waals surface area contributed by atoms with Crippen molar-refractivity contribution >= 4 is 12.1 Å². The molecule has 2 heterocycles. The fourth-order valence-corrected chi connectivity index (χ4v) is 3.00. The van der Waals surface area contributed by atoms with Crippen LogP contribution >= 0.6 is 0 Å². The molecule has 1 fully saturated rings. The first-order valence-electron chi connectivity index (χ1n) is 8.48. The molecule has 1 saturated heterocycles. The molecule has 0 spiro atoms. The second kappa shape index (κ2) is 7.90. The van der Waals surface area contributed by atoms with E-state index >= 15 is 0 Å². The molecule has 3 rings (SSSR count). The van der Waals surface area contributed by atoms with Gasteiger partial charge in [-0.3, -0.25) is 4.79 Å². The number of hydrogen-bond donors (Lipinski definition) is 0. The lowest BCUT2D eigenvalue weighted by molar-refractivity contribution is 0.112. The summed E-state index contributed by atoms with van der Waals surface area (Å²) in [5.74, 6) is 2.49. The molecule has 1 aromatic carbocycles. The third-order valence-corrected chi connectivity index (χ3v) is 4.53. The summed E-state index contributed by atoms with van der Waals surface area (Å²) in [6, 6.07) is 11.3. The Kier molecular flexibility index (Phi) is 5.41. The van der Waals surface area contributed by atoms with Gasteiger partial charge in [-0.05, 0) is 68.5 Å². The number of hydrogen-bond acceptors (Lipinski definition) is 5. The van der Waals surface area contributed by atoms with E-state index in [1.165, 1.54) is 0 Å². The lowest BCUT2D eigenvalue weighted by Gasteiger charge is -2.32. The molecule has 1 aromatic heterocycles. The Balaban J connectivity index is 1.40. The van der Waals surface area contributed by atoms with Gasteiger partial charge in [-0.2, -0.15) is 5.10 Å². The molecule has 0 aliphatic carbocycles. The van der Waals surface area contributed by atoms with Crippen LogP contribution < -0.4 is 9.64 Å². The smallest absolute Gasteiger partial charge is 0.151 e. The number of rotatable bonds is 6. The fourth-order valence-electron chi connectivity index (χ4n) is 3.00. The summed E-state index contributed by atoms with van der Waals surface area (Å²) in [4.78, 5) is 12.9. The molecule has 2 aromatic rings. The van der Waals surface area contributed by atoms with E-state index in [0.29, 0.717) is 11.5 Å². The van der Waals surface area contributed by atoms with Crippen molar-refractivity contribution in [2.75, 3.05) is 24.6 Å². The van der Waals surface area contributed by atoms with Gasteiger partial charge in [0.05, 0.1) is 12.3 Å². The van der Waals surface area contributed by atoms with Crippen LogP contribution in [0.3, 0.4) is 0 Å². The monoisotopic (exact) mass is 325 g/mol. The number of aryl methyl sites for hydroxylation is 1. The van der Waals surface area contributed by atoms with Gasteiger partial charge < -0.3 is 9.64 Å². The molecule has 0 N–H and O–H groups in total. The molecule has 0 unspecified atom stereocenters. The molecule has 0 saturated carbocycles. The highest BCUT2D eigenvalue weighted by Gasteiger charge is 2.20. The third-order valence-electron chi connectivity index (χ3n) is 4.53. The Hall–Kier alpha value is -2.43. The van der Waals surface area contributed by atoms with Gasteiger partial charge in [0.15, 0.2) is 5.82 Å². The van der Waals surface area contributed by atoms with E-state index in [4.69, 9.17) is 4.74 Å². The van der Waals surface area contributed by atoms with E-state index in [2.05, 4.69) is 21.2 Å². The van der Waals surface area contributed by atoms with Crippen molar-refractivity contribution in [2.24, 2.45) is 5.92 Å². The minimum Gasteiger partial charge on any atom is -0.494 e. The molecule has 1 aliphatic rings. The molecule has 5 nitrogen and oxygen atoms in total. The fraction of sp³-hybridized carbons (Fsp3) is 0.421. The van der Waals surface area contributed by atoms with E-state index in [1.54, 1.807) is 12.1 Å². The summed E-state index contributed by atoms with van der Waals surface area (Å²) >= 11 is 0. The van der Waals surface area contributed by atoms with E-state index < -0.39 is 0 Å². The number of ether oxygens (including phenoxy) is 1. The lowest BCUT2D eigenvalue weighted by Crippen LogP contribution is -2.34. The first-order chi connectivity index (χ1) is 11.7. The SMILES string of the molecule is Cc1ccc(N2CCC(CCOc3ccc(C=O)cc3)CC2)nn1. The number of aromatic nitrogens is 2. The summed E-state index contributed by atoms with van der Waals surface area (Å²) in [5.41, 5.74) is 1.63. The number of carbonyl (C=O) groups excluding carboxylic acids is 1. The topological polar surface area (TPSA) is 55.3 Å². The van der Waals surface area contributed by atoms with Gasteiger partial charge >= 0.3 is 0 Å². The quantitative estimate of drug-likeness (QED) is 0.763. The average Bonchev–Trinajstić information content (AvgIpc) is 2.64. The maximum absolute atomic E-state index is 10.6. The maximum atomic E-state index is 10.6. The Morgan fingerprint density at radius 2 is 1.88 bits per heavy atom. The number of anilines is 1. The minimum atomic E-state index is 0.675. The molecule has 126 valence electrons. The molecular weight excluding hydrogens is 302 g/mol. The van der Waals surface area contributed by atoms with Crippen molar-refractivity contribution in [2.45, 2.75) is 26.2 Å². The van der Waals surface area contributed by atoms with Crippen LogP contribution in [0.5, 0.6) is 5.75 Å². The predicted octanol–water partition coefficient (Wildman–Crippen LogP) is 3.28. The molecule has 0 radical (unpaired) electrons. The molecule has 5 heteroatoms. The molecule has 0 amide bonds. The molecule has 1 aliphatic heterocycles. The summed E-state index contributed by atoms with van der Waals surface area (Å²) < 4.78 is 5.78. The number of carbonyl (C=O) groups is 1. The Bertz CT molecular complexity index is 647. The third kappa shape index (κ3) is 4.31. The second-order valence-electron chi connectivity index (χ2n) is 6.29. The number of aldehydes is 1. The second-order valence-corrected chi connectivity index (χ2v) is 6.29. The largest absolute Gasteiger partial charge is 0.494 e. The van der Waals surface area contributed by atoms with E-state index in [1.807, 2.05) is 25.1 Å². The molecule has 0 atom stereocenters. The van der Waals surface area contributed by atoms with Gasteiger partial charge in [0.25, 0.3) is 0 Å². The summed E-state index contributed by atoms with van der Waals surface area (Å²) in [5, 5.41) is 8.40. The van der Waals surface area contributed by atoms with Gasteiger partial charge in [0.2, 0.25) is 0 Å². The average molecular weight is 325 g/mol. The summed E-state index contributed by atoms with van der Waals surface area (Å²) in [6.45, 7) is 4.72. The standard InChI is InChI=1S/C19H23N3O2/c1-15-2-7-19(21-20-15)22-11-8-16(9-12-22)10-13-24-18-5-3-17(14-23)4-6-18/h2-7,14,16H,8-13H2,1H3. The maximum Gasteiger partial charge on any atom is 0.151 e. The molecular formula is C19H23N3O2. The zero-order valence-electron chi connectivity index (χ0n) is 14.0. The van der Waals surface area contributed by atoms with E-state index in [9.17, 15) is 4.79 Å². The van der Waals surface area contributed by atoms with Crippen molar-refractivity contribution in [3.8, 4) is 5.75 Å². The Labute approximate surface area is 142 Å². The van der Waals surface area contributed by atoms with Crippen LogP contribution in [0.4, 0.5) is 5.82 Å². The molecule has 24 heavy (non-hydrogen) atoms. The predicted molar refractivity (Wildman–Crippen MR) is 93.6 cm³/mol. The van der Waals surface area contributed by atoms with E-state index in [-0.39, 0.29) is 0 Å². The van der Waals surface area contributed by atoms with Gasteiger partial charge in [-0.15, -0.1) is 5.10 Å². The van der Waals surface area contributed by atoms with Crippen molar-refractivity contribution in [1.29, 1.82) is 0 Å². The van der Waals surface area contributed by atoms with Crippen molar-refractivity contribution in [3.63, 3.8) is 0 Å². The van der Waals surface area contributed by atoms with Crippen molar-refractivity contribution < 1.29 is 9.53 Å². The van der Waals surface area contributed by atoms with Gasteiger partial charge in [-0.1, -0.05) is 0 Å². The van der Waals surface area contributed by atoms with Crippen LogP contribution in [-0.4, -0.2) is 36.2 Å². The van der Waals surface area contributed by atoms with Crippen LogP contribution in [0.25, 0.3) is 0 Å². The van der Waals surface area contributed by atoms with Crippen LogP contribution in [0.2, 0.25) is 0 Å². The van der Waals surface area contributed by atoms with Gasteiger partial charge in [0, 0.05) is 18.7 Å². The Morgan fingerprint density at radius 1 is 1.12 bits per heavy atom. The first kappa shape index (κ1) is 16.4. The lowest BCUT2D eigenvalue weighted by atomic mass is 9.94. The highest BCUT2D eigenvalue weighted by molar-refractivity contribution is 5.74. The molecule has 0 bridgehead atoms. The van der Waals surface area contributed by atoms with Crippen molar-refractivity contribution in [3.05, 3.63) is 47.7 Å². The Morgan fingerprint density at radius 3 is 2.50 bits per heavy atom. The van der Waals surface area contributed by atoms with E-state index in [0.717, 1.165) is 62.5 Å². The van der Waals surface area contributed by atoms with Crippen LogP contribution in [-0.2, 0) is 0 Å². The van der Waals surface area contributed by atoms with Crippen LogP contribution in [0, 0.1) is 12.8 Å². The number of benzene rings is 1. The van der Waals surface area contributed by atoms with Gasteiger partial charge in [-0.25, -0.2) is 0 Å². The highest BCUT2D eigenvalue weighted by atomic mass is 16.5. The minimum absolute atomic E-state index is 0.675. The van der Waals surface area contributed by atoms with Gasteiger partial charge in [0.1, 0.15) is 12.0 Å². The van der Waals surface area contributed by atoms with Crippen LogP contribution in [0.1, 0.15) is 35.3 Å². The van der Waals surface area contributed by atoms with Crippen molar-refractivity contribution in [1.82, 2.24) is 10.2 Å². The number of piperidine rings is 1.